The maximum absolute atomic E-state index is 10.2. The Kier molecular flexibility index (Phi) is 4.74. The second-order valence-electron chi connectivity index (χ2n) is 6.36. The normalized spacial score (nSPS) is 38.7. The summed E-state index contributed by atoms with van der Waals surface area (Å²) >= 11 is 0. The highest BCUT2D eigenvalue weighted by Gasteiger charge is 2.38. The number of rotatable bonds is 3. The van der Waals surface area contributed by atoms with E-state index in [-0.39, 0.29) is 6.10 Å². The third kappa shape index (κ3) is 3.30. The third-order valence-corrected chi connectivity index (χ3v) is 5.14. The minimum Gasteiger partial charge on any atom is -0.393 e. The quantitative estimate of drug-likeness (QED) is 0.838. The molecule has 2 heterocycles. The van der Waals surface area contributed by atoms with E-state index in [0.29, 0.717) is 12.0 Å². The molecule has 0 unspecified atom stereocenters. The molecule has 3 atom stereocenters. The van der Waals surface area contributed by atoms with E-state index in [1.807, 2.05) is 0 Å². The Hall–Kier alpha value is -0.160. The molecule has 0 spiro atoms. The van der Waals surface area contributed by atoms with Crippen LogP contribution in [0.25, 0.3) is 0 Å². The van der Waals surface area contributed by atoms with Gasteiger partial charge in [-0.15, -0.1) is 0 Å². The van der Waals surface area contributed by atoms with Crippen LogP contribution in [-0.2, 0) is 9.47 Å². The molecule has 2 aliphatic heterocycles. The van der Waals surface area contributed by atoms with Crippen molar-refractivity contribution in [3.8, 4) is 0 Å². The van der Waals surface area contributed by atoms with E-state index in [9.17, 15) is 5.11 Å². The summed E-state index contributed by atoms with van der Waals surface area (Å²) in [7, 11) is 0. The molecular formula is C15H27NO3. The number of hydrogen-bond acceptors (Lipinski definition) is 4. The van der Waals surface area contributed by atoms with Crippen molar-refractivity contribution >= 4 is 0 Å². The van der Waals surface area contributed by atoms with Crippen LogP contribution in [0, 0.1) is 11.8 Å². The molecule has 1 saturated carbocycles. The molecule has 19 heavy (non-hydrogen) atoms. The maximum Gasteiger partial charge on any atom is 0.0626 e. The molecule has 0 aromatic heterocycles. The van der Waals surface area contributed by atoms with Crippen molar-refractivity contribution in [3.05, 3.63) is 0 Å². The molecule has 4 nitrogen and oxygen atoms in total. The maximum atomic E-state index is 10.2. The van der Waals surface area contributed by atoms with E-state index in [0.717, 1.165) is 45.3 Å². The Labute approximate surface area is 116 Å². The van der Waals surface area contributed by atoms with Crippen molar-refractivity contribution in [3.63, 3.8) is 0 Å². The molecule has 2 saturated heterocycles. The molecule has 3 fully saturated rings. The lowest BCUT2D eigenvalue weighted by atomic mass is 9.92. The van der Waals surface area contributed by atoms with Gasteiger partial charge in [0.05, 0.1) is 19.3 Å². The van der Waals surface area contributed by atoms with Crippen LogP contribution in [0.1, 0.15) is 32.1 Å². The lowest BCUT2D eigenvalue weighted by molar-refractivity contribution is -0.0615. The summed E-state index contributed by atoms with van der Waals surface area (Å²) in [4.78, 5) is 2.60. The molecule has 4 heteroatoms. The lowest BCUT2D eigenvalue weighted by Crippen LogP contribution is -2.52. The highest BCUT2D eigenvalue weighted by Crippen LogP contribution is 2.33. The largest absolute Gasteiger partial charge is 0.393 e. The van der Waals surface area contributed by atoms with Crippen molar-refractivity contribution in [2.75, 3.05) is 39.5 Å². The summed E-state index contributed by atoms with van der Waals surface area (Å²) < 4.78 is 11.1. The van der Waals surface area contributed by atoms with Gasteiger partial charge >= 0.3 is 0 Å². The first-order valence-corrected chi connectivity index (χ1v) is 7.92. The minimum atomic E-state index is -0.108. The smallest absolute Gasteiger partial charge is 0.0626 e. The Morgan fingerprint density at radius 2 is 1.84 bits per heavy atom. The van der Waals surface area contributed by atoms with Crippen LogP contribution in [0.5, 0.6) is 0 Å². The van der Waals surface area contributed by atoms with E-state index >= 15 is 0 Å². The molecule has 0 aromatic carbocycles. The van der Waals surface area contributed by atoms with Gasteiger partial charge in [0.25, 0.3) is 0 Å². The van der Waals surface area contributed by atoms with Crippen LogP contribution in [0.2, 0.25) is 0 Å². The molecule has 0 amide bonds. The van der Waals surface area contributed by atoms with Gasteiger partial charge < -0.3 is 14.6 Å². The topological polar surface area (TPSA) is 41.9 Å². The molecule has 1 aliphatic carbocycles. The number of aliphatic hydroxyl groups is 1. The van der Waals surface area contributed by atoms with Gasteiger partial charge in [-0.2, -0.15) is 0 Å². The summed E-state index contributed by atoms with van der Waals surface area (Å²) in [6, 6.07) is 0.439. The SMILES string of the molecule is O[C@@H]1CCC[C@@H]1[C@H]1COCCN1CC1CCOCC1. The van der Waals surface area contributed by atoms with Crippen molar-refractivity contribution in [1.29, 1.82) is 0 Å². The summed E-state index contributed by atoms with van der Waals surface area (Å²) in [5, 5.41) is 10.2. The van der Waals surface area contributed by atoms with Crippen molar-refractivity contribution in [2.24, 2.45) is 11.8 Å². The van der Waals surface area contributed by atoms with Crippen LogP contribution < -0.4 is 0 Å². The summed E-state index contributed by atoms with van der Waals surface area (Å²) in [5.74, 6) is 1.20. The standard InChI is InChI=1S/C15H27NO3/c17-15-3-1-2-13(15)14-11-19-9-6-16(14)10-12-4-7-18-8-5-12/h12-15,17H,1-11H2/t13-,14-,15-/m1/s1. The van der Waals surface area contributed by atoms with E-state index in [1.165, 1.54) is 32.2 Å². The van der Waals surface area contributed by atoms with E-state index in [4.69, 9.17) is 9.47 Å². The minimum absolute atomic E-state index is 0.108. The third-order valence-electron chi connectivity index (χ3n) is 5.14. The number of morpholine rings is 1. The van der Waals surface area contributed by atoms with E-state index < -0.39 is 0 Å². The van der Waals surface area contributed by atoms with Crippen LogP contribution in [0.15, 0.2) is 0 Å². The molecular weight excluding hydrogens is 242 g/mol. The average Bonchev–Trinajstić information content (AvgIpc) is 2.87. The second-order valence-corrected chi connectivity index (χ2v) is 6.36. The lowest BCUT2D eigenvalue weighted by Gasteiger charge is -2.42. The fraction of sp³-hybridized carbons (Fsp3) is 1.00. The van der Waals surface area contributed by atoms with Crippen molar-refractivity contribution in [2.45, 2.75) is 44.2 Å². The monoisotopic (exact) mass is 269 g/mol. The molecule has 1 N–H and O–H groups in total. The van der Waals surface area contributed by atoms with E-state index in [2.05, 4.69) is 4.90 Å². The molecule has 3 rings (SSSR count). The molecule has 0 bridgehead atoms. The number of ether oxygens (including phenoxy) is 2. The van der Waals surface area contributed by atoms with Gasteiger partial charge in [-0.25, -0.2) is 0 Å². The van der Waals surface area contributed by atoms with Gasteiger partial charge in [0, 0.05) is 38.3 Å². The van der Waals surface area contributed by atoms with E-state index in [1.54, 1.807) is 0 Å². The fourth-order valence-electron chi connectivity index (χ4n) is 3.96. The predicted molar refractivity (Wildman–Crippen MR) is 73.1 cm³/mol. The van der Waals surface area contributed by atoms with Crippen LogP contribution >= 0.6 is 0 Å². The van der Waals surface area contributed by atoms with Crippen LogP contribution in [-0.4, -0.2) is 61.7 Å². The first kappa shape index (κ1) is 13.8. The van der Waals surface area contributed by atoms with Crippen molar-refractivity contribution < 1.29 is 14.6 Å². The Balaban J connectivity index is 1.59. The number of aliphatic hydroxyl groups excluding tert-OH is 1. The Bertz CT molecular complexity index is 281. The summed E-state index contributed by atoms with van der Waals surface area (Å²) in [6.45, 7) is 5.71. The number of hydrogen-bond donors (Lipinski definition) is 1. The highest BCUT2D eigenvalue weighted by atomic mass is 16.5. The summed E-state index contributed by atoms with van der Waals surface area (Å²) in [5.41, 5.74) is 0. The van der Waals surface area contributed by atoms with Crippen LogP contribution in [0.3, 0.4) is 0 Å². The average molecular weight is 269 g/mol. The zero-order valence-corrected chi connectivity index (χ0v) is 11.8. The number of nitrogens with zero attached hydrogens (tertiary/aromatic N) is 1. The highest BCUT2D eigenvalue weighted by molar-refractivity contribution is 4.90. The predicted octanol–water partition coefficient (Wildman–Crippen LogP) is 1.27. The fourth-order valence-corrected chi connectivity index (χ4v) is 3.96. The molecule has 110 valence electrons. The second kappa shape index (κ2) is 6.53. The van der Waals surface area contributed by atoms with Gasteiger partial charge in [-0.3, -0.25) is 4.90 Å². The van der Waals surface area contributed by atoms with Gasteiger partial charge in [-0.1, -0.05) is 6.42 Å². The zero-order valence-electron chi connectivity index (χ0n) is 11.8. The Morgan fingerprint density at radius 3 is 2.58 bits per heavy atom. The van der Waals surface area contributed by atoms with Gasteiger partial charge in [0.1, 0.15) is 0 Å². The molecule has 0 radical (unpaired) electrons. The summed E-state index contributed by atoms with van der Waals surface area (Å²) in [6.07, 6.45) is 5.59. The van der Waals surface area contributed by atoms with Crippen LogP contribution in [0.4, 0.5) is 0 Å². The first-order valence-electron chi connectivity index (χ1n) is 7.92. The molecule has 0 aromatic rings. The van der Waals surface area contributed by atoms with Gasteiger partial charge in [0.15, 0.2) is 0 Å². The van der Waals surface area contributed by atoms with Gasteiger partial charge in [-0.05, 0) is 31.6 Å². The van der Waals surface area contributed by atoms with Crippen molar-refractivity contribution in [1.82, 2.24) is 4.90 Å². The first-order chi connectivity index (χ1) is 9.34. The molecule has 3 aliphatic rings. The van der Waals surface area contributed by atoms with Gasteiger partial charge in [0.2, 0.25) is 0 Å². The Morgan fingerprint density at radius 1 is 1.00 bits per heavy atom. The zero-order chi connectivity index (χ0) is 13.1.